The Labute approximate surface area is 127 Å². The molecule has 0 saturated carbocycles. The van der Waals surface area contributed by atoms with E-state index in [2.05, 4.69) is 4.84 Å². The van der Waals surface area contributed by atoms with Crippen LogP contribution in [0.1, 0.15) is 58.7 Å². The van der Waals surface area contributed by atoms with Gasteiger partial charge in [-0.1, -0.05) is 25.3 Å². The third kappa shape index (κ3) is 2.22. The summed E-state index contributed by atoms with van der Waals surface area (Å²) in [6, 6.07) is 1.86. The van der Waals surface area contributed by atoms with E-state index in [-0.39, 0.29) is 12.0 Å². The van der Waals surface area contributed by atoms with Gasteiger partial charge in [-0.25, -0.2) is 4.79 Å². The maximum atomic E-state index is 12.2. The minimum absolute atomic E-state index is 0.223. The van der Waals surface area contributed by atoms with E-state index in [4.69, 9.17) is 9.94 Å². The van der Waals surface area contributed by atoms with E-state index in [0.717, 1.165) is 16.7 Å². The molecule has 3 N–H and O–H groups in total. The monoisotopic (exact) mass is 309 g/mol. The molecule has 1 aromatic carbocycles. The topological polar surface area (TPSA) is 103 Å². The summed E-state index contributed by atoms with van der Waals surface area (Å²) < 4.78 is 5.28. The Morgan fingerprint density at radius 1 is 1.55 bits per heavy atom. The van der Waals surface area contributed by atoms with Crippen molar-refractivity contribution in [3.8, 4) is 0 Å². The van der Waals surface area contributed by atoms with Crippen LogP contribution in [0.2, 0.25) is 0 Å². The highest BCUT2D eigenvalue weighted by Gasteiger charge is 2.45. The van der Waals surface area contributed by atoms with Crippen molar-refractivity contribution in [2.75, 3.05) is 6.61 Å². The first-order valence-electron chi connectivity index (χ1n) is 7.13. The number of ether oxygens (including phenoxy) is 1. The Morgan fingerprint density at radius 3 is 2.86 bits per heavy atom. The molecule has 7 nitrogen and oxygen atoms in total. The zero-order valence-corrected chi connectivity index (χ0v) is 12.7. The summed E-state index contributed by atoms with van der Waals surface area (Å²) in [7, 11) is 0. The number of carbonyl (C=O) groups excluding carboxylic acids is 1. The Hall–Kier alpha value is -1.51. The molecule has 22 heavy (non-hydrogen) atoms. The van der Waals surface area contributed by atoms with Crippen LogP contribution in [0, 0.1) is 17.5 Å². The molecule has 2 aliphatic rings. The van der Waals surface area contributed by atoms with Crippen molar-refractivity contribution in [3.63, 3.8) is 0 Å². The summed E-state index contributed by atoms with van der Waals surface area (Å²) in [6.45, 7) is 5.50. The van der Waals surface area contributed by atoms with Gasteiger partial charge >= 0.3 is 5.97 Å². The highest BCUT2D eigenvalue weighted by molar-refractivity contribution is 5.97. The van der Waals surface area contributed by atoms with E-state index in [0.29, 0.717) is 17.5 Å². The van der Waals surface area contributed by atoms with E-state index in [1.54, 1.807) is 0 Å². The predicted molar refractivity (Wildman–Crippen MR) is 73.8 cm³/mol. The molecule has 7 heteroatoms. The molecular weight excluding hydrogens is 290 g/mol. The number of esters is 1. The molecule has 0 radical (unpaired) electrons. The van der Waals surface area contributed by atoms with Gasteiger partial charge in [0.15, 0.2) is 12.7 Å². The van der Waals surface area contributed by atoms with Crippen molar-refractivity contribution in [3.05, 3.63) is 39.1 Å². The molecule has 3 atom stereocenters. The highest BCUT2D eigenvalue weighted by Crippen LogP contribution is 2.50. The molecule has 0 saturated heterocycles. The zero-order valence-electron chi connectivity index (χ0n) is 12.7. The maximum absolute atomic E-state index is 12.2. The van der Waals surface area contributed by atoms with Crippen LogP contribution in [0.3, 0.4) is 0 Å². The van der Waals surface area contributed by atoms with Crippen molar-refractivity contribution >= 4 is 5.97 Å². The third-order valence-corrected chi connectivity index (χ3v) is 4.52. The fraction of sp³-hybridized carbons (Fsp3) is 0.533. The zero-order chi connectivity index (χ0) is 16.2. The number of carbonyl (C=O) groups is 1. The molecule has 0 fully saturated rings. The van der Waals surface area contributed by atoms with E-state index < -0.39 is 23.6 Å². The van der Waals surface area contributed by atoms with Gasteiger partial charge in [-0.05, 0) is 35.4 Å². The van der Waals surface area contributed by atoms with Gasteiger partial charge in [-0.2, -0.15) is 10.0 Å². The van der Waals surface area contributed by atoms with Crippen molar-refractivity contribution < 1.29 is 30.1 Å². The van der Waals surface area contributed by atoms with E-state index in [1.807, 2.05) is 26.8 Å². The number of fused-ring (bicyclic) bond motifs is 3. The van der Waals surface area contributed by atoms with Crippen LogP contribution in [-0.2, 0) is 16.0 Å². The van der Waals surface area contributed by atoms with Gasteiger partial charge in [0.2, 0.25) is 0 Å². The fourth-order valence-electron chi connectivity index (χ4n) is 3.47. The van der Waals surface area contributed by atoms with Gasteiger partial charge in [0.1, 0.15) is 0 Å². The molecule has 0 aromatic heterocycles. The molecule has 1 heterocycles. The smallest absolute Gasteiger partial charge is 0.339 e. The molecule has 0 amide bonds. The Bertz CT molecular complexity index is 639. The van der Waals surface area contributed by atoms with Crippen molar-refractivity contribution in [1.82, 2.24) is 0 Å². The molecule has 1 aliphatic heterocycles. The van der Waals surface area contributed by atoms with Gasteiger partial charge in [-0.15, -0.1) is 0 Å². The second-order valence-corrected chi connectivity index (χ2v) is 6.59. The van der Waals surface area contributed by atoms with E-state index >= 15 is 0 Å². The largest absolute Gasteiger partial charge is 0.566 e. The van der Waals surface area contributed by atoms with Crippen molar-refractivity contribution in [1.29, 1.82) is 0 Å². The van der Waals surface area contributed by atoms with Gasteiger partial charge in [-0.3, -0.25) is 0 Å². The first-order valence-corrected chi connectivity index (χ1v) is 7.13. The normalized spacial score (nSPS) is 26.5. The lowest BCUT2D eigenvalue weighted by Gasteiger charge is -2.22. The number of rotatable bonds is 3. The van der Waals surface area contributed by atoms with Gasteiger partial charge in [0, 0.05) is 5.56 Å². The van der Waals surface area contributed by atoms with Crippen LogP contribution in [-0.4, -0.2) is 22.9 Å². The van der Waals surface area contributed by atoms with Gasteiger partial charge in [0.05, 0.1) is 11.7 Å². The number of nitrogens with one attached hydrogen (secondary N) is 1. The van der Waals surface area contributed by atoms with Gasteiger partial charge in [0.25, 0.3) is 0 Å². The lowest BCUT2D eigenvalue weighted by molar-refractivity contribution is -1.21. The average molecular weight is 309 g/mol. The molecule has 120 valence electrons. The lowest BCUT2D eigenvalue weighted by atomic mass is 9.87. The second kappa shape index (κ2) is 5.00. The number of aliphatic hydroxyl groups excluding tert-OH is 1. The van der Waals surface area contributed by atoms with Crippen LogP contribution in [0.25, 0.3) is 0 Å². The number of quaternary nitrogens is 1. The Morgan fingerprint density at radius 2 is 2.23 bits per heavy atom. The number of cyclic esters (lactones) is 1. The summed E-state index contributed by atoms with van der Waals surface area (Å²) in [5.41, 5.74) is 3.17. The van der Waals surface area contributed by atoms with Crippen LogP contribution in [0.15, 0.2) is 6.07 Å². The molecule has 0 spiro atoms. The van der Waals surface area contributed by atoms with Gasteiger partial charge < -0.3 is 15.1 Å². The highest BCUT2D eigenvalue weighted by atomic mass is 17.1. The minimum Gasteiger partial charge on any atom is -0.566 e. The molecule has 1 aromatic rings. The molecular formula is C15H19NO6. The molecule has 0 bridgehead atoms. The number of benzene rings is 1. The molecule has 1 unspecified atom stereocenters. The standard InChI is InChI=1S/C15H19NO6/c1-7-4-8-9(5-15(2,3)13(8)17)12-11(7)10(22-14(12)18)6-21-16(19)20/h4,10,13,16-17,19H,5-6H2,1-3H3/t10-,13-/m1/s1. The maximum Gasteiger partial charge on any atom is 0.339 e. The number of aryl methyl sites for hydroxylation is 1. The van der Waals surface area contributed by atoms with E-state index in [1.165, 1.54) is 0 Å². The average Bonchev–Trinajstić information content (AvgIpc) is 2.86. The fourth-order valence-corrected chi connectivity index (χ4v) is 3.47. The SMILES string of the molecule is Cc1cc2c(c3c1[C@@H](CO[NH+]([O-])O)OC3=O)CC(C)(C)[C@@H]2O. The number of hydrogen-bond donors (Lipinski definition) is 3. The summed E-state index contributed by atoms with van der Waals surface area (Å²) in [4.78, 5) is 16.8. The first kappa shape index (κ1) is 15.4. The van der Waals surface area contributed by atoms with E-state index in [9.17, 15) is 15.1 Å². The van der Waals surface area contributed by atoms with Crippen molar-refractivity contribution in [2.24, 2.45) is 5.41 Å². The van der Waals surface area contributed by atoms with Crippen LogP contribution in [0.5, 0.6) is 0 Å². The summed E-state index contributed by atoms with van der Waals surface area (Å²) in [5, 5.41) is 28.2. The number of hydrogen-bond acceptors (Lipinski definition) is 6. The van der Waals surface area contributed by atoms with Crippen LogP contribution in [0.4, 0.5) is 0 Å². The Balaban J connectivity index is 2.06. The summed E-state index contributed by atoms with van der Waals surface area (Å²) in [5.74, 6) is -0.473. The first-order chi connectivity index (χ1) is 10.2. The second-order valence-electron chi connectivity index (χ2n) is 6.59. The lowest BCUT2D eigenvalue weighted by Crippen LogP contribution is -3.03. The number of aliphatic hydroxyl groups is 1. The quantitative estimate of drug-likeness (QED) is 0.556. The minimum atomic E-state index is -1.40. The molecule has 1 aliphatic carbocycles. The Kier molecular flexibility index (Phi) is 3.50. The van der Waals surface area contributed by atoms with Crippen LogP contribution >= 0.6 is 0 Å². The summed E-state index contributed by atoms with van der Waals surface area (Å²) >= 11 is 0. The summed E-state index contributed by atoms with van der Waals surface area (Å²) in [6.07, 6.45) is -0.772. The van der Waals surface area contributed by atoms with Crippen LogP contribution < -0.4 is 5.39 Å². The van der Waals surface area contributed by atoms with Crippen molar-refractivity contribution in [2.45, 2.75) is 39.4 Å². The third-order valence-electron chi connectivity index (χ3n) is 4.52. The predicted octanol–water partition coefficient (Wildman–Crippen LogP) is 0.526. The molecule has 3 rings (SSSR count).